The molecule has 1 atom stereocenters. The van der Waals surface area contributed by atoms with Crippen molar-refractivity contribution in [3.05, 3.63) is 54.0 Å². The molecule has 0 bridgehead atoms. The molecule has 0 radical (unpaired) electrons. The summed E-state index contributed by atoms with van der Waals surface area (Å²) in [5.41, 5.74) is 0. The molecule has 0 N–H and O–H groups in total. The molecule has 4 heteroatoms. The molecule has 1 aromatic carbocycles. The van der Waals surface area contributed by atoms with Crippen molar-refractivity contribution in [2.75, 3.05) is 18.8 Å². The van der Waals surface area contributed by atoms with E-state index in [9.17, 15) is 4.79 Å². The summed E-state index contributed by atoms with van der Waals surface area (Å²) in [6.07, 6.45) is 1.07. The Morgan fingerprint density at radius 1 is 1.29 bits per heavy atom. The maximum absolute atomic E-state index is 12.3. The molecular weight excluding hydrogens is 282 g/mol. The summed E-state index contributed by atoms with van der Waals surface area (Å²) in [5.74, 6) is 2.90. The molecule has 0 spiro atoms. The number of carbonyl (C=O) groups excluding carboxylic acids is 1. The van der Waals surface area contributed by atoms with E-state index in [0.29, 0.717) is 11.7 Å². The van der Waals surface area contributed by atoms with Crippen LogP contribution in [0.2, 0.25) is 0 Å². The Morgan fingerprint density at radius 3 is 2.81 bits per heavy atom. The van der Waals surface area contributed by atoms with Crippen molar-refractivity contribution in [1.82, 2.24) is 4.90 Å². The normalized spacial score (nSPS) is 18.1. The molecule has 1 aromatic heterocycles. The maximum atomic E-state index is 12.3. The van der Waals surface area contributed by atoms with Crippen LogP contribution >= 0.6 is 11.8 Å². The van der Waals surface area contributed by atoms with E-state index in [1.165, 1.54) is 4.90 Å². The second-order valence-corrected chi connectivity index (χ2v) is 6.53. The van der Waals surface area contributed by atoms with E-state index >= 15 is 0 Å². The summed E-state index contributed by atoms with van der Waals surface area (Å²) in [6, 6.07) is 14.0. The molecule has 0 unspecified atom stereocenters. The van der Waals surface area contributed by atoms with Crippen LogP contribution in [0.15, 0.2) is 51.8 Å². The Morgan fingerprint density at radius 2 is 2.10 bits per heavy atom. The number of rotatable bonds is 4. The second kappa shape index (κ2) is 6.39. The van der Waals surface area contributed by atoms with Gasteiger partial charge in [0.1, 0.15) is 5.76 Å². The van der Waals surface area contributed by atoms with Gasteiger partial charge in [0, 0.05) is 23.7 Å². The fourth-order valence-electron chi connectivity index (χ4n) is 2.59. The fourth-order valence-corrected chi connectivity index (χ4v) is 3.64. The van der Waals surface area contributed by atoms with Crippen LogP contribution in [0.1, 0.15) is 22.7 Å². The lowest BCUT2D eigenvalue weighted by atomic mass is 10.2. The Labute approximate surface area is 129 Å². The van der Waals surface area contributed by atoms with Gasteiger partial charge in [-0.25, -0.2) is 0 Å². The predicted molar refractivity (Wildman–Crippen MR) is 84.6 cm³/mol. The number of amides is 1. The smallest absolute Gasteiger partial charge is 0.289 e. The highest BCUT2D eigenvalue weighted by molar-refractivity contribution is 7.99. The zero-order valence-electron chi connectivity index (χ0n) is 12.1. The van der Waals surface area contributed by atoms with Crippen molar-refractivity contribution in [3.8, 4) is 0 Å². The Kier molecular flexibility index (Phi) is 4.34. The summed E-state index contributed by atoms with van der Waals surface area (Å²) in [5, 5.41) is 0. The molecule has 1 fully saturated rings. The quantitative estimate of drug-likeness (QED) is 0.804. The first-order valence-corrected chi connectivity index (χ1v) is 8.24. The molecule has 3 nitrogen and oxygen atoms in total. The molecule has 110 valence electrons. The number of thioether (sulfide) groups is 1. The van der Waals surface area contributed by atoms with Crippen molar-refractivity contribution >= 4 is 17.7 Å². The van der Waals surface area contributed by atoms with E-state index in [2.05, 4.69) is 24.3 Å². The van der Waals surface area contributed by atoms with Gasteiger partial charge in [0.25, 0.3) is 5.91 Å². The lowest BCUT2D eigenvalue weighted by Crippen LogP contribution is -2.28. The lowest BCUT2D eigenvalue weighted by Gasteiger charge is -2.15. The van der Waals surface area contributed by atoms with Gasteiger partial charge in [0.2, 0.25) is 0 Å². The van der Waals surface area contributed by atoms with E-state index in [-0.39, 0.29) is 5.91 Å². The molecule has 21 heavy (non-hydrogen) atoms. The SMILES string of the molecule is Cc1ccc(C(=O)N2CC[C@@H](CSc3ccccc3)C2)o1. The summed E-state index contributed by atoms with van der Waals surface area (Å²) in [4.78, 5) is 15.5. The molecule has 1 aliphatic heterocycles. The van der Waals surface area contributed by atoms with Gasteiger partial charge in [0.15, 0.2) is 5.76 Å². The van der Waals surface area contributed by atoms with E-state index in [1.807, 2.05) is 35.7 Å². The zero-order chi connectivity index (χ0) is 14.7. The highest BCUT2D eigenvalue weighted by atomic mass is 32.2. The third-order valence-corrected chi connectivity index (χ3v) is 5.00. The van der Waals surface area contributed by atoms with Crippen molar-refractivity contribution in [2.24, 2.45) is 5.92 Å². The van der Waals surface area contributed by atoms with Crippen LogP contribution in [0, 0.1) is 12.8 Å². The first-order valence-electron chi connectivity index (χ1n) is 7.26. The first-order chi connectivity index (χ1) is 10.2. The van der Waals surface area contributed by atoms with Crippen LogP contribution in [-0.4, -0.2) is 29.6 Å². The van der Waals surface area contributed by atoms with Gasteiger partial charge in [-0.3, -0.25) is 4.79 Å². The third-order valence-electron chi connectivity index (χ3n) is 3.75. The summed E-state index contributed by atoms with van der Waals surface area (Å²) >= 11 is 1.87. The maximum Gasteiger partial charge on any atom is 0.289 e. The van der Waals surface area contributed by atoms with Crippen LogP contribution in [0.25, 0.3) is 0 Å². The largest absolute Gasteiger partial charge is 0.456 e. The zero-order valence-corrected chi connectivity index (χ0v) is 12.9. The number of nitrogens with zero attached hydrogens (tertiary/aromatic N) is 1. The topological polar surface area (TPSA) is 33.5 Å². The number of aryl methyl sites for hydroxylation is 1. The van der Waals surface area contributed by atoms with Gasteiger partial charge < -0.3 is 9.32 Å². The average molecular weight is 301 g/mol. The van der Waals surface area contributed by atoms with Gasteiger partial charge in [-0.2, -0.15) is 0 Å². The van der Waals surface area contributed by atoms with Crippen molar-refractivity contribution in [3.63, 3.8) is 0 Å². The Balaban J connectivity index is 1.52. The summed E-state index contributed by atoms with van der Waals surface area (Å²) < 4.78 is 5.43. The molecule has 2 heterocycles. The first kappa shape index (κ1) is 14.3. The predicted octanol–water partition coefficient (Wildman–Crippen LogP) is 3.84. The standard InChI is InChI=1S/C17H19NO2S/c1-13-7-8-16(20-13)17(19)18-10-9-14(11-18)12-21-15-5-3-2-4-6-15/h2-8,14H,9-12H2,1H3/t14-/m1/s1. The number of likely N-dealkylation sites (tertiary alicyclic amines) is 1. The minimum absolute atomic E-state index is 0.0234. The second-order valence-electron chi connectivity index (χ2n) is 5.44. The highest BCUT2D eigenvalue weighted by Gasteiger charge is 2.28. The van der Waals surface area contributed by atoms with Gasteiger partial charge in [0.05, 0.1) is 0 Å². The van der Waals surface area contributed by atoms with Gasteiger partial charge in [-0.1, -0.05) is 18.2 Å². The minimum atomic E-state index is 0.0234. The van der Waals surface area contributed by atoms with Crippen molar-refractivity contribution in [2.45, 2.75) is 18.2 Å². The molecule has 0 saturated carbocycles. The third kappa shape index (κ3) is 3.50. The van der Waals surface area contributed by atoms with Gasteiger partial charge in [-0.05, 0) is 43.5 Å². The van der Waals surface area contributed by atoms with Gasteiger partial charge in [-0.15, -0.1) is 11.8 Å². The number of carbonyl (C=O) groups is 1. The number of hydrogen-bond donors (Lipinski definition) is 0. The van der Waals surface area contributed by atoms with E-state index in [0.717, 1.165) is 31.0 Å². The van der Waals surface area contributed by atoms with Crippen molar-refractivity contribution < 1.29 is 9.21 Å². The van der Waals surface area contributed by atoms with Crippen LogP contribution in [0.4, 0.5) is 0 Å². The Bertz CT molecular complexity index is 608. The lowest BCUT2D eigenvalue weighted by molar-refractivity contribution is 0.0755. The molecule has 3 rings (SSSR count). The minimum Gasteiger partial charge on any atom is -0.456 e. The Hall–Kier alpha value is -1.68. The molecule has 1 aliphatic rings. The molecule has 1 amide bonds. The highest BCUT2D eigenvalue weighted by Crippen LogP contribution is 2.26. The van der Waals surface area contributed by atoms with Crippen LogP contribution < -0.4 is 0 Å². The van der Waals surface area contributed by atoms with E-state index < -0.39 is 0 Å². The number of furan rings is 1. The fraction of sp³-hybridized carbons (Fsp3) is 0.353. The molecular formula is C17H19NO2S. The summed E-state index contributed by atoms with van der Waals surface area (Å²) in [7, 11) is 0. The van der Waals surface area contributed by atoms with Crippen LogP contribution in [0.3, 0.4) is 0 Å². The molecule has 2 aromatic rings. The number of hydrogen-bond acceptors (Lipinski definition) is 3. The van der Waals surface area contributed by atoms with Crippen LogP contribution in [0.5, 0.6) is 0 Å². The van der Waals surface area contributed by atoms with Gasteiger partial charge >= 0.3 is 0 Å². The van der Waals surface area contributed by atoms with Crippen LogP contribution in [-0.2, 0) is 0 Å². The van der Waals surface area contributed by atoms with E-state index in [4.69, 9.17) is 4.42 Å². The number of benzene rings is 1. The summed E-state index contributed by atoms with van der Waals surface area (Å²) in [6.45, 7) is 3.52. The molecule has 1 saturated heterocycles. The average Bonchev–Trinajstić information content (AvgIpc) is 3.14. The monoisotopic (exact) mass is 301 g/mol. The van der Waals surface area contributed by atoms with Crippen molar-refractivity contribution in [1.29, 1.82) is 0 Å². The van der Waals surface area contributed by atoms with E-state index in [1.54, 1.807) is 6.07 Å². The molecule has 0 aliphatic carbocycles.